The van der Waals surface area contributed by atoms with E-state index in [0.29, 0.717) is 11.4 Å². The van der Waals surface area contributed by atoms with Crippen LogP contribution in [-0.2, 0) is 14.4 Å². The van der Waals surface area contributed by atoms with Crippen molar-refractivity contribution < 1.29 is 14.4 Å². The molecule has 33 heavy (non-hydrogen) atoms. The van der Waals surface area contributed by atoms with Gasteiger partial charge in [0.1, 0.15) is 6.04 Å². The number of hydrogen-bond acceptors (Lipinski definition) is 4. The molecule has 0 spiro atoms. The van der Waals surface area contributed by atoms with Crippen LogP contribution in [-0.4, -0.2) is 28.7 Å². The SMILES string of the molecule is O=C(Nc1ccccc1)[C@H]1[C@H]2C(=O)N(c3ccccc3)C(=O)[C@@H]2[C@H]2c3ccccc3C=CN21. The first-order chi connectivity index (χ1) is 16.1. The van der Waals surface area contributed by atoms with Crippen LogP contribution in [0.4, 0.5) is 11.4 Å². The Bertz CT molecular complexity index is 1290. The molecule has 3 aromatic rings. The summed E-state index contributed by atoms with van der Waals surface area (Å²) in [7, 11) is 0. The molecule has 0 bridgehead atoms. The molecule has 4 atom stereocenters. The van der Waals surface area contributed by atoms with E-state index in [1.54, 1.807) is 36.4 Å². The Morgan fingerprint density at radius 3 is 2.15 bits per heavy atom. The van der Waals surface area contributed by atoms with Crippen LogP contribution in [0.15, 0.2) is 91.1 Å². The van der Waals surface area contributed by atoms with Gasteiger partial charge in [-0.15, -0.1) is 0 Å². The molecular weight excluding hydrogens is 414 g/mol. The van der Waals surface area contributed by atoms with Gasteiger partial charge in [0.15, 0.2) is 0 Å². The highest BCUT2D eigenvalue weighted by molar-refractivity contribution is 6.24. The molecule has 3 aliphatic rings. The van der Waals surface area contributed by atoms with Crippen molar-refractivity contribution in [3.63, 3.8) is 0 Å². The lowest BCUT2D eigenvalue weighted by Crippen LogP contribution is -2.46. The fraction of sp³-hybridized carbons (Fsp3) is 0.148. The molecule has 3 aliphatic heterocycles. The number of anilines is 2. The maximum atomic E-state index is 13.7. The monoisotopic (exact) mass is 435 g/mol. The van der Waals surface area contributed by atoms with Crippen molar-refractivity contribution in [2.45, 2.75) is 12.1 Å². The normalized spacial score (nSPS) is 25.0. The fourth-order valence-electron chi connectivity index (χ4n) is 5.43. The number of amides is 3. The Morgan fingerprint density at radius 1 is 0.758 bits per heavy atom. The van der Waals surface area contributed by atoms with Gasteiger partial charge in [0.2, 0.25) is 17.7 Å². The van der Waals surface area contributed by atoms with Crippen molar-refractivity contribution in [2.75, 3.05) is 10.2 Å². The molecule has 6 nitrogen and oxygen atoms in total. The summed E-state index contributed by atoms with van der Waals surface area (Å²) < 4.78 is 0. The Hall–Kier alpha value is -4.19. The molecule has 0 unspecified atom stereocenters. The van der Waals surface area contributed by atoms with Gasteiger partial charge in [-0.3, -0.25) is 14.4 Å². The maximum absolute atomic E-state index is 13.7. The van der Waals surface area contributed by atoms with E-state index >= 15 is 0 Å². The molecule has 0 radical (unpaired) electrons. The summed E-state index contributed by atoms with van der Waals surface area (Å²) in [5.74, 6) is -2.30. The average molecular weight is 435 g/mol. The predicted molar refractivity (Wildman–Crippen MR) is 125 cm³/mol. The molecule has 6 heteroatoms. The van der Waals surface area contributed by atoms with Gasteiger partial charge in [0.05, 0.1) is 23.6 Å². The van der Waals surface area contributed by atoms with Crippen LogP contribution >= 0.6 is 0 Å². The van der Waals surface area contributed by atoms with Crippen LogP contribution < -0.4 is 10.2 Å². The van der Waals surface area contributed by atoms with Crippen molar-refractivity contribution in [3.8, 4) is 0 Å². The maximum Gasteiger partial charge on any atom is 0.247 e. The number of nitrogens with one attached hydrogen (secondary N) is 1. The number of rotatable bonds is 3. The smallest absolute Gasteiger partial charge is 0.247 e. The van der Waals surface area contributed by atoms with Crippen LogP contribution in [0.3, 0.4) is 0 Å². The van der Waals surface area contributed by atoms with Crippen LogP contribution in [0.2, 0.25) is 0 Å². The number of carbonyl (C=O) groups excluding carboxylic acids is 3. The van der Waals surface area contributed by atoms with Crippen molar-refractivity contribution in [1.29, 1.82) is 0 Å². The van der Waals surface area contributed by atoms with Crippen LogP contribution in [0.1, 0.15) is 17.2 Å². The topological polar surface area (TPSA) is 69.7 Å². The first-order valence-electron chi connectivity index (χ1n) is 11.0. The highest BCUT2D eigenvalue weighted by Gasteiger charge is 2.64. The summed E-state index contributed by atoms with van der Waals surface area (Å²) in [6.07, 6.45) is 3.80. The van der Waals surface area contributed by atoms with Crippen LogP contribution in [0.5, 0.6) is 0 Å². The second kappa shape index (κ2) is 7.45. The molecule has 0 saturated carbocycles. The Balaban J connectivity index is 1.45. The lowest BCUT2D eigenvalue weighted by atomic mass is 9.84. The van der Waals surface area contributed by atoms with E-state index in [2.05, 4.69) is 5.32 Å². The average Bonchev–Trinajstić information content (AvgIpc) is 3.33. The first-order valence-corrected chi connectivity index (χ1v) is 11.0. The number of imide groups is 1. The zero-order valence-electron chi connectivity index (χ0n) is 17.7. The third-order valence-electron chi connectivity index (χ3n) is 6.79. The molecule has 0 aliphatic carbocycles. The van der Waals surface area contributed by atoms with Gasteiger partial charge >= 0.3 is 0 Å². The van der Waals surface area contributed by atoms with E-state index in [4.69, 9.17) is 0 Å². The largest absolute Gasteiger partial charge is 0.357 e. The third kappa shape index (κ3) is 2.91. The second-order valence-corrected chi connectivity index (χ2v) is 8.54. The van der Waals surface area contributed by atoms with E-state index in [1.807, 2.05) is 65.7 Å². The van der Waals surface area contributed by atoms with Gasteiger partial charge in [-0.2, -0.15) is 0 Å². The number of carbonyl (C=O) groups is 3. The lowest BCUT2D eigenvalue weighted by Gasteiger charge is -2.35. The van der Waals surface area contributed by atoms with Gasteiger partial charge in [0, 0.05) is 11.9 Å². The Labute approximate surface area is 191 Å². The summed E-state index contributed by atoms with van der Waals surface area (Å²) in [6.45, 7) is 0. The summed E-state index contributed by atoms with van der Waals surface area (Å²) >= 11 is 0. The number of para-hydroxylation sites is 2. The highest BCUT2D eigenvalue weighted by Crippen LogP contribution is 2.53. The summed E-state index contributed by atoms with van der Waals surface area (Å²) in [4.78, 5) is 44.1. The van der Waals surface area contributed by atoms with E-state index in [-0.39, 0.29) is 23.8 Å². The molecule has 6 rings (SSSR count). The number of nitrogens with zero attached hydrogens (tertiary/aromatic N) is 2. The van der Waals surface area contributed by atoms with E-state index in [9.17, 15) is 14.4 Å². The standard InChI is InChI=1S/C27H21N3O3/c31-25(28-18-10-3-1-4-11-18)24-22-21(23-20-14-8-7-9-17(20)15-16-29(23)24)26(32)30(27(22)33)19-12-5-2-6-13-19/h1-16,21-24H,(H,28,31)/t21-,22-,23+,24+/m0/s1. The molecule has 2 saturated heterocycles. The summed E-state index contributed by atoms with van der Waals surface area (Å²) in [5.41, 5.74) is 3.15. The number of hydrogen-bond donors (Lipinski definition) is 1. The predicted octanol–water partition coefficient (Wildman–Crippen LogP) is 3.84. The zero-order valence-corrected chi connectivity index (χ0v) is 17.7. The summed E-state index contributed by atoms with van der Waals surface area (Å²) in [6, 6.07) is 24.8. The van der Waals surface area contributed by atoms with Crippen LogP contribution in [0.25, 0.3) is 6.08 Å². The second-order valence-electron chi connectivity index (χ2n) is 8.54. The molecule has 1 N–H and O–H groups in total. The minimum atomic E-state index is -0.796. The van der Waals surface area contributed by atoms with Crippen molar-refractivity contribution in [1.82, 2.24) is 4.90 Å². The van der Waals surface area contributed by atoms with E-state index in [0.717, 1.165) is 11.1 Å². The van der Waals surface area contributed by atoms with Crippen molar-refractivity contribution in [3.05, 3.63) is 102 Å². The van der Waals surface area contributed by atoms with Gasteiger partial charge < -0.3 is 10.2 Å². The Kier molecular flexibility index (Phi) is 4.40. The molecule has 3 aromatic carbocycles. The summed E-state index contributed by atoms with van der Waals surface area (Å²) in [5, 5.41) is 2.95. The number of benzene rings is 3. The highest BCUT2D eigenvalue weighted by atomic mass is 16.2. The molecule has 162 valence electrons. The van der Waals surface area contributed by atoms with Crippen molar-refractivity contribution >= 4 is 35.2 Å². The van der Waals surface area contributed by atoms with Crippen molar-refractivity contribution in [2.24, 2.45) is 11.8 Å². The van der Waals surface area contributed by atoms with Gasteiger partial charge in [-0.05, 0) is 41.5 Å². The zero-order chi connectivity index (χ0) is 22.5. The minimum Gasteiger partial charge on any atom is -0.357 e. The molecule has 3 heterocycles. The van der Waals surface area contributed by atoms with E-state index in [1.165, 1.54) is 4.90 Å². The molecule has 0 aromatic heterocycles. The van der Waals surface area contributed by atoms with E-state index < -0.39 is 17.9 Å². The van der Waals surface area contributed by atoms with Crippen LogP contribution in [0, 0.1) is 11.8 Å². The molecule has 2 fully saturated rings. The van der Waals surface area contributed by atoms with Gasteiger partial charge in [0.25, 0.3) is 0 Å². The lowest BCUT2D eigenvalue weighted by molar-refractivity contribution is -0.128. The van der Waals surface area contributed by atoms with Gasteiger partial charge in [-0.1, -0.05) is 60.7 Å². The molecular formula is C27H21N3O3. The first kappa shape index (κ1) is 19.5. The Morgan fingerprint density at radius 2 is 1.39 bits per heavy atom. The molecule has 3 amide bonds. The minimum absolute atomic E-state index is 0.258. The van der Waals surface area contributed by atoms with Gasteiger partial charge in [-0.25, -0.2) is 4.90 Å². The number of fused-ring (bicyclic) bond motifs is 5. The third-order valence-corrected chi connectivity index (χ3v) is 6.79. The quantitative estimate of drug-likeness (QED) is 0.635. The fourth-order valence-corrected chi connectivity index (χ4v) is 5.43.